The Morgan fingerprint density at radius 1 is 1.23 bits per heavy atom. The Labute approximate surface area is 160 Å². The fourth-order valence-electron chi connectivity index (χ4n) is 3.86. The van der Waals surface area contributed by atoms with E-state index in [1.807, 2.05) is 29.7 Å². The summed E-state index contributed by atoms with van der Waals surface area (Å²) in [5.41, 5.74) is 7.69. The van der Waals surface area contributed by atoms with Crippen LogP contribution in [0.15, 0.2) is 30.3 Å². The van der Waals surface area contributed by atoms with Gasteiger partial charge in [-0.1, -0.05) is 44.9 Å². The van der Waals surface area contributed by atoms with Crippen LogP contribution in [0.5, 0.6) is 0 Å². The van der Waals surface area contributed by atoms with Crippen molar-refractivity contribution in [3.05, 3.63) is 36.0 Å². The van der Waals surface area contributed by atoms with Crippen LogP contribution < -0.4 is 16.2 Å². The molecule has 6 heteroatoms. The molecule has 1 aromatic heterocycles. The zero-order valence-corrected chi connectivity index (χ0v) is 16.5. The maximum atomic E-state index is 12.3. The Morgan fingerprint density at radius 2 is 2.00 bits per heavy atom. The number of nitrogens with zero attached hydrogens (tertiary/aromatic N) is 1. The zero-order chi connectivity index (χ0) is 18.7. The highest BCUT2D eigenvalue weighted by molar-refractivity contribution is 7.80. The number of nitrogens with one attached hydrogen (secondary N) is 3. The average molecular weight is 373 g/mol. The lowest BCUT2D eigenvalue weighted by Gasteiger charge is -2.35. The molecule has 2 aromatic rings. The molecule has 0 spiro atoms. The topological polar surface area (TPSA) is 58.1 Å². The first-order valence-corrected chi connectivity index (χ1v) is 9.76. The SMILES string of the molecule is Cc1cc2ccccc2n1CC(=O)NNC(=S)N[C@H]1CCC[C@H](C)[C@@H]1C. The van der Waals surface area contributed by atoms with Gasteiger partial charge < -0.3 is 9.88 Å². The number of hydrogen-bond donors (Lipinski definition) is 3. The van der Waals surface area contributed by atoms with Crippen molar-refractivity contribution in [2.45, 2.75) is 52.6 Å². The van der Waals surface area contributed by atoms with Crippen LogP contribution in [0, 0.1) is 18.8 Å². The summed E-state index contributed by atoms with van der Waals surface area (Å²) in [6.45, 7) is 6.83. The van der Waals surface area contributed by atoms with Crippen LogP contribution in [0.2, 0.25) is 0 Å². The van der Waals surface area contributed by atoms with Crippen molar-refractivity contribution in [1.29, 1.82) is 0 Å². The van der Waals surface area contributed by atoms with E-state index in [2.05, 4.69) is 42.1 Å². The molecule has 0 radical (unpaired) electrons. The van der Waals surface area contributed by atoms with Gasteiger partial charge in [-0.25, -0.2) is 0 Å². The molecule has 0 aliphatic heterocycles. The quantitative estimate of drug-likeness (QED) is 0.572. The number of thiocarbonyl (C=S) groups is 1. The number of fused-ring (bicyclic) bond motifs is 1. The number of carbonyl (C=O) groups is 1. The van der Waals surface area contributed by atoms with Gasteiger partial charge >= 0.3 is 0 Å². The molecule has 1 fully saturated rings. The molecule has 1 aromatic carbocycles. The van der Waals surface area contributed by atoms with E-state index in [1.54, 1.807) is 0 Å². The maximum absolute atomic E-state index is 12.3. The van der Waals surface area contributed by atoms with Crippen LogP contribution in [0.3, 0.4) is 0 Å². The highest BCUT2D eigenvalue weighted by atomic mass is 32.1. The third-order valence-corrected chi connectivity index (χ3v) is 5.88. The molecule has 1 amide bonds. The van der Waals surface area contributed by atoms with Gasteiger partial charge in [-0.15, -0.1) is 0 Å². The predicted molar refractivity (Wildman–Crippen MR) is 110 cm³/mol. The van der Waals surface area contributed by atoms with Gasteiger partial charge in [-0.3, -0.25) is 15.6 Å². The number of rotatable bonds is 3. The summed E-state index contributed by atoms with van der Waals surface area (Å²) in [6.07, 6.45) is 3.62. The van der Waals surface area contributed by atoms with Gasteiger partial charge in [0.2, 0.25) is 0 Å². The van der Waals surface area contributed by atoms with E-state index >= 15 is 0 Å². The van der Waals surface area contributed by atoms with Crippen molar-refractivity contribution in [2.24, 2.45) is 11.8 Å². The minimum absolute atomic E-state index is 0.122. The van der Waals surface area contributed by atoms with Gasteiger partial charge in [-0.05, 0) is 54.9 Å². The van der Waals surface area contributed by atoms with E-state index in [0.29, 0.717) is 23.0 Å². The fraction of sp³-hybridized carbons (Fsp3) is 0.500. The molecule has 5 nitrogen and oxygen atoms in total. The van der Waals surface area contributed by atoms with Crippen LogP contribution in [0.25, 0.3) is 10.9 Å². The summed E-state index contributed by atoms with van der Waals surface area (Å²) < 4.78 is 2.01. The summed E-state index contributed by atoms with van der Waals surface area (Å²) in [5.74, 6) is 1.15. The molecular formula is C20H28N4OS. The summed E-state index contributed by atoms with van der Waals surface area (Å²) in [7, 11) is 0. The second-order valence-corrected chi connectivity index (χ2v) is 7.86. The monoisotopic (exact) mass is 372 g/mol. The lowest BCUT2D eigenvalue weighted by Crippen LogP contribution is -2.53. The van der Waals surface area contributed by atoms with Gasteiger partial charge in [0.25, 0.3) is 5.91 Å². The number of aromatic nitrogens is 1. The predicted octanol–water partition coefficient (Wildman–Crippen LogP) is 3.27. The number of hydrogen-bond acceptors (Lipinski definition) is 2. The molecule has 3 atom stereocenters. The Kier molecular flexibility index (Phi) is 5.81. The van der Waals surface area contributed by atoms with Gasteiger partial charge in [0.1, 0.15) is 6.54 Å². The molecule has 1 heterocycles. The molecule has 26 heavy (non-hydrogen) atoms. The van der Waals surface area contributed by atoms with E-state index < -0.39 is 0 Å². The number of para-hydroxylation sites is 1. The first-order valence-electron chi connectivity index (χ1n) is 9.36. The first-order chi connectivity index (χ1) is 12.5. The second kappa shape index (κ2) is 8.08. The molecule has 0 unspecified atom stereocenters. The number of benzene rings is 1. The van der Waals surface area contributed by atoms with Crippen LogP contribution >= 0.6 is 12.2 Å². The summed E-state index contributed by atoms with van der Waals surface area (Å²) in [4.78, 5) is 12.3. The van der Waals surface area contributed by atoms with E-state index in [-0.39, 0.29) is 12.5 Å². The van der Waals surface area contributed by atoms with Crippen molar-refractivity contribution in [1.82, 2.24) is 20.7 Å². The third kappa shape index (κ3) is 4.18. The highest BCUT2D eigenvalue weighted by Crippen LogP contribution is 2.29. The Morgan fingerprint density at radius 3 is 2.81 bits per heavy atom. The molecule has 1 aliphatic rings. The third-order valence-electron chi connectivity index (χ3n) is 5.66. The van der Waals surface area contributed by atoms with Gasteiger partial charge in [0.15, 0.2) is 5.11 Å². The summed E-state index contributed by atoms with van der Waals surface area (Å²) in [6, 6.07) is 10.5. The summed E-state index contributed by atoms with van der Waals surface area (Å²) in [5, 5.41) is 4.98. The van der Waals surface area contributed by atoms with Gasteiger partial charge in [0.05, 0.1) is 0 Å². The van der Waals surface area contributed by atoms with Crippen molar-refractivity contribution in [3.8, 4) is 0 Å². The van der Waals surface area contributed by atoms with Crippen molar-refractivity contribution in [3.63, 3.8) is 0 Å². The highest BCUT2D eigenvalue weighted by Gasteiger charge is 2.27. The van der Waals surface area contributed by atoms with E-state index in [0.717, 1.165) is 23.0 Å². The smallest absolute Gasteiger partial charge is 0.258 e. The van der Waals surface area contributed by atoms with E-state index in [1.165, 1.54) is 12.8 Å². The normalized spacial score (nSPS) is 22.8. The molecule has 0 saturated heterocycles. The second-order valence-electron chi connectivity index (χ2n) is 7.45. The van der Waals surface area contributed by atoms with Crippen LogP contribution in [0.4, 0.5) is 0 Å². The summed E-state index contributed by atoms with van der Waals surface area (Å²) >= 11 is 5.35. The Hall–Kier alpha value is -2.08. The Bertz CT molecular complexity index is 800. The lowest BCUT2D eigenvalue weighted by molar-refractivity contribution is -0.122. The van der Waals surface area contributed by atoms with Crippen molar-refractivity contribution < 1.29 is 4.79 Å². The van der Waals surface area contributed by atoms with Gasteiger partial charge in [0, 0.05) is 17.3 Å². The minimum Gasteiger partial charge on any atom is -0.358 e. The Balaban J connectivity index is 1.52. The van der Waals surface area contributed by atoms with Crippen LogP contribution in [0.1, 0.15) is 38.8 Å². The van der Waals surface area contributed by atoms with Gasteiger partial charge in [-0.2, -0.15) is 0 Å². The molecule has 3 N–H and O–H groups in total. The van der Waals surface area contributed by atoms with E-state index in [9.17, 15) is 4.79 Å². The number of amides is 1. The zero-order valence-electron chi connectivity index (χ0n) is 15.7. The van der Waals surface area contributed by atoms with E-state index in [4.69, 9.17) is 12.2 Å². The number of hydrazine groups is 1. The molecular weight excluding hydrogens is 344 g/mol. The fourth-order valence-corrected chi connectivity index (χ4v) is 4.06. The first kappa shape index (κ1) is 18.7. The minimum atomic E-state index is -0.122. The largest absolute Gasteiger partial charge is 0.358 e. The maximum Gasteiger partial charge on any atom is 0.258 e. The van der Waals surface area contributed by atoms with Crippen molar-refractivity contribution >= 4 is 34.1 Å². The molecule has 1 aliphatic carbocycles. The van der Waals surface area contributed by atoms with Crippen molar-refractivity contribution in [2.75, 3.05) is 0 Å². The van der Waals surface area contributed by atoms with Crippen LogP contribution in [-0.2, 0) is 11.3 Å². The average Bonchev–Trinajstić information content (AvgIpc) is 2.93. The molecule has 1 saturated carbocycles. The van der Waals surface area contributed by atoms with Crippen LogP contribution in [-0.4, -0.2) is 21.6 Å². The number of carbonyl (C=O) groups excluding carboxylic acids is 1. The molecule has 0 bridgehead atoms. The standard InChI is InChI=1S/C20H28N4OS/c1-13-7-6-9-17(15(13)3)21-20(26)23-22-19(25)12-24-14(2)11-16-8-4-5-10-18(16)24/h4-5,8,10-11,13,15,17H,6-7,9,12H2,1-3H3,(H,22,25)(H2,21,23,26)/t13-,15-,17-/m0/s1. The molecule has 3 rings (SSSR count). The molecule has 140 valence electrons. The number of aryl methyl sites for hydroxylation is 1. The lowest BCUT2D eigenvalue weighted by atomic mass is 9.78.